The molecule has 1 heterocycles. The van der Waals surface area contributed by atoms with E-state index in [-0.39, 0.29) is 0 Å². The summed E-state index contributed by atoms with van der Waals surface area (Å²) in [5.74, 6) is -0.432. The van der Waals surface area contributed by atoms with E-state index < -0.39 is 30.8 Å². The third-order valence-corrected chi connectivity index (χ3v) is 2.69. The van der Waals surface area contributed by atoms with Gasteiger partial charge in [-0.25, -0.2) is 0 Å². The van der Waals surface area contributed by atoms with E-state index in [0.717, 1.165) is 17.7 Å². The molecule has 1 aliphatic heterocycles. The number of unbranched alkanes of at least 4 members (excludes halogenated alkanes) is 1. The standard InChI is InChI=1S/C10H17F3N2O/c1-3-4-5-8-9(16)15(7(2)14-8)6-10(11,12)13/h7-8,14H,3-6H2,1-2H3. The van der Waals surface area contributed by atoms with Crippen LogP contribution >= 0.6 is 0 Å². The predicted molar refractivity (Wildman–Crippen MR) is 53.7 cm³/mol. The number of carbonyl (C=O) groups is 1. The number of nitrogens with zero attached hydrogens (tertiary/aromatic N) is 1. The molecule has 94 valence electrons. The summed E-state index contributed by atoms with van der Waals surface area (Å²) in [6, 6.07) is -0.447. The Hall–Kier alpha value is -0.780. The van der Waals surface area contributed by atoms with E-state index in [2.05, 4.69) is 5.32 Å². The minimum Gasteiger partial charge on any atom is -0.317 e. The Morgan fingerprint density at radius 1 is 1.44 bits per heavy atom. The smallest absolute Gasteiger partial charge is 0.317 e. The second-order valence-electron chi connectivity index (χ2n) is 4.12. The van der Waals surface area contributed by atoms with Crippen LogP contribution in [-0.4, -0.2) is 35.7 Å². The quantitative estimate of drug-likeness (QED) is 0.811. The lowest BCUT2D eigenvalue weighted by Crippen LogP contribution is -2.41. The third kappa shape index (κ3) is 3.37. The van der Waals surface area contributed by atoms with Crippen molar-refractivity contribution in [2.24, 2.45) is 0 Å². The fourth-order valence-electron chi connectivity index (χ4n) is 1.87. The predicted octanol–water partition coefficient (Wildman–Crippen LogP) is 1.89. The van der Waals surface area contributed by atoms with Gasteiger partial charge in [0.15, 0.2) is 0 Å². The zero-order valence-corrected chi connectivity index (χ0v) is 9.47. The molecular formula is C10H17F3N2O. The van der Waals surface area contributed by atoms with E-state index in [1.807, 2.05) is 6.92 Å². The first-order valence-electron chi connectivity index (χ1n) is 5.48. The molecule has 1 aliphatic rings. The molecule has 0 saturated carbocycles. The van der Waals surface area contributed by atoms with E-state index in [1.54, 1.807) is 6.92 Å². The molecule has 16 heavy (non-hydrogen) atoms. The molecule has 2 unspecified atom stereocenters. The van der Waals surface area contributed by atoms with Crippen LogP contribution < -0.4 is 5.32 Å². The van der Waals surface area contributed by atoms with Crippen LogP contribution in [0.15, 0.2) is 0 Å². The second kappa shape index (κ2) is 5.03. The van der Waals surface area contributed by atoms with Gasteiger partial charge in [-0.05, 0) is 13.3 Å². The Morgan fingerprint density at radius 2 is 2.06 bits per heavy atom. The second-order valence-corrected chi connectivity index (χ2v) is 4.12. The van der Waals surface area contributed by atoms with Crippen molar-refractivity contribution in [2.75, 3.05) is 6.54 Å². The summed E-state index contributed by atoms with van der Waals surface area (Å²) < 4.78 is 36.6. The number of hydrogen-bond acceptors (Lipinski definition) is 2. The molecule has 1 amide bonds. The molecule has 1 saturated heterocycles. The first kappa shape index (κ1) is 13.3. The molecule has 0 radical (unpaired) electrons. The molecule has 1 fully saturated rings. The third-order valence-electron chi connectivity index (χ3n) is 2.69. The summed E-state index contributed by atoms with van der Waals surface area (Å²) in [5.41, 5.74) is 0. The van der Waals surface area contributed by atoms with Crippen LogP contribution in [0.3, 0.4) is 0 Å². The van der Waals surface area contributed by atoms with E-state index in [4.69, 9.17) is 0 Å². The van der Waals surface area contributed by atoms with Crippen LogP contribution in [0, 0.1) is 0 Å². The highest BCUT2D eigenvalue weighted by Crippen LogP contribution is 2.22. The van der Waals surface area contributed by atoms with Crippen LogP contribution in [0.4, 0.5) is 13.2 Å². The number of carbonyl (C=O) groups excluding carboxylic acids is 1. The normalized spacial score (nSPS) is 26.6. The van der Waals surface area contributed by atoms with Gasteiger partial charge in [-0.3, -0.25) is 10.1 Å². The van der Waals surface area contributed by atoms with Crippen LogP contribution in [0.2, 0.25) is 0 Å². The van der Waals surface area contributed by atoms with Crippen molar-refractivity contribution >= 4 is 5.91 Å². The number of alkyl halides is 3. The molecule has 0 aromatic heterocycles. The van der Waals surface area contributed by atoms with Crippen molar-refractivity contribution in [1.29, 1.82) is 0 Å². The van der Waals surface area contributed by atoms with Gasteiger partial charge >= 0.3 is 6.18 Å². The lowest BCUT2D eigenvalue weighted by atomic mass is 10.1. The highest BCUT2D eigenvalue weighted by atomic mass is 19.4. The zero-order chi connectivity index (χ0) is 12.3. The van der Waals surface area contributed by atoms with Crippen molar-refractivity contribution < 1.29 is 18.0 Å². The van der Waals surface area contributed by atoms with E-state index in [1.165, 1.54) is 0 Å². The number of amides is 1. The molecule has 0 aromatic carbocycles. The fraction of sp³-hybridized carbons (Fsp3) is 0.900. The minimum atomic E-state index is -4.33. The monoisotopic (exact) mass is 238 g/mol. The number of hydrogen-bond donors (Lipinski definition) is 1. The molecule has 1 rings (SSSR count). The first-order valence-corrected chi connectivity index (χ1v) is 5.48. The van der Waals surface area contributed by atoms with Gasteiger partial charge in [-0.2, -0.15) is 13.2 Å². The highest BCUT2D eigenvalue weighted by Gasteiger charge is 2.42. The zero-order valence-electron chi connectivity index (χ0n) is 9.47. The molecule has 0 aliphatic carbocycles. The first-order chi connectivity index (χ1) is 7.35. The molecule has 3 nitrogen and oxygen atoms in total. The summed E-state index contributed by atoms with van der Waals surface area (Å²) in [5, 5.41) is 2.89. The molecule has 2 atom stereocenters. The lowest BCUT2D eigenvalue weighted by molar-refractivity contribution is -0.160. The largest absolute Gasteiger partial charge is 0.406 e. The summed E-state index contributed by atoms with van der Waals surface area (Å²) in [4.78, 5) is 12.5. The van der Waals surface area contributed by atoms with Crippen LogP contribution in [0.1, 0.15) is 33.1 Å². The van der Waals surface area contributed by atoms with Crippen molar-refractivity contribution in [1.82, 2.24) is 10.2 Å². The molecule has 0 aromatic rings. The summed E-state index contributed by atoms with van der Waals surface area (Å²) in [6.45, 7) is 2.40. The minimum absolute atomic E-state index is 0.432. The van der Waals surface area contributed by atoms with Gasteiger partial charge in [0, 0.05) is 0 Å². The Bertz CT molecular complexity index is 255. The number of halogens is 3. The fourth-order valence-corrected chi connectivity index (χ4v) is 1.87. The van der Waals surface area contributed by atoms with Gasteiger partial charge in [-0.1, -0.05) is 19.8 Å². The highest BCUT2D eigenvalue weighted by molar-refractivity contribution is 5.84. The van der Waals surface area contributed by atoms with E-state index in [0.29, 0.717) is 6.42 Å². The van der Waals surface area contributed by atoms with Gasteiger partial charge in [0.05, 0.1) is 12.2 Å². The Balaban J connectivity index is 2.57. The van der Waals surface area contributed by atoms with Crippen LogP contribution in [0.5, 0.6) is 0 Å². The maximum atomic E-state index is 12.2. The maximum Gasteiger partial charge on any atom is 0.406 e. The maximum absolute atomic E-state index is 12.2. The SMILES string of the molecule is CCCCC1NC(C)N(CC(F)(F)F)C1=O. The van der Waals surface area contributed by atoms with Gasteiger partial charge in [-0.15, -0.1) is 0 Å². The summed E-state index contributed by atoms with van der Waals surface area (Å²) in [7, 11) is 0. The van der Waals surface area contributed by atoms with Crippen LogP contribution in [-0.2, 0) is 4.79 Å². The van der Waals surface area contributed by atoms with Crippen molar-refractivity contribution in [2.45, 2.75) is 51.5 Å². The number of nitrogens with one attached hydrogen (secondary N) is 1. The molecular weight excluding hydrogens is 221 g/mol. The molecule has 1 N–H and O–H groups in total. The van der Waals surface area contributed by atoms with Crippen molar-refractivity contribution in [3.8, 4) is 0 Å². The topological polar surface area (TPSA) is 32.3 Å². The number of rotatable bonds is 4. The average molecular weight is 238 g/mol. The van der Waals surface area contributed by atoms with Crippen molar-refractivity contribution in [3.05, 3.63) is 0 Å². The van der Waals surface area contributed by atoms with E-state index in [9.17, 15) is 18.0 Å². The Morgan fingerprint density at radius 3 is 2.56 bits per heavy atom. The lowest BCUT2D eigenvalue weighted by Gasteiger charge is -2.22. The van der Waals surface area contributed by atoms with Crippen molar-refractivity contribution in [3.63, 3.8) is 0 Å². The van der Waals surface area contributed by atoms with Gasteiger partial charge < -0.3 is 4.90 Å². The Labute approximate surface area is 93.0 Å². The van der Waals surface area contributed by atoms with Gasteiger partial charge in [0.25, 0.3) is 0 Å². The van der Waals surface area contributed by atoms with Crippen LogP contribution in [0.25, 0.3) is 0 Å². The van der Waals surface area contributed by atoms with E-state index >= 15 is 0 Å². The average Bonchev–Trinajstić information content (AvgIpc) is 2.40. The summed E-state index contributed by atoms with van der Waals surface area (Å²) in [6.07, 6.45) is -2.48. The summed E-state index contributed by atoms with van der Waals surface area (Å²) >= 11 is 0. The Kier molecular flexibility index (Phi) is 4.18. The molecule has 0 spiro atoms. The van der Waals surface area contributed by atoms with Gasteiger partial charge in [0.1, 0.15) is 6.54 Å². The molecule has 0 bridgehead atoms. The molecule has 6 heteroatoms. The van der Waals surface area contributed by atoms with Gasteiger partial charge in [0.2, 0.25) is 5.91 Å².